The summed E-state index contributed by atoms with van der Waals surface area (Å²) in [5.41, 5.74) is 7.83. The number of nitrogens with one attached hydrogen (secondary N) is 2. The van der Waals surface area contributed by atoms with Crippen molar-refractivity contribution < 1.29 is 0 Å². The standard InChI is InChI=1S/C46H31N5S/c47-45(30-12-4-1-5-13-30)51(46(48)31-14-6-2-7-15-31)35-22-20-34(21-23-35)50-41-26-32-24-25-49(33-16-8-3-9-17-33)40(32)28-38(41)37-27-39-36-18-10-11-19-43(36)52-44(39)29-42(37)50/h1-29,47-48H. The lowest BCUT2D eigenvalue weighted by atomic mass is 10.1. The second-order valence-corrected chi connectivity index (χ2v) is 14.1. The van der Waals surface area contributed by atoms with Gasteiger partial charge in [-0.15, -0.1) is 11.3 Å². The molecule has 7 aromatic carbocycles. The lowest BCUT2D eigenvalue weighted by molar-refractivity contribution is 1.13. The van der Waals surface area contributed by atoms with Crippen molar-refractivity contribution in [3.63, 3.8) is 0 Å². The zero-order valence-electron chi connectivity index (χ0n) is 28.0. The minimum atomic E-state index is 0.247. The maximum atomic E-state index is 9.26. The van der Waals surface area contributed by atoms with Crippen LogP contribution in [-0.2, 0) is 0 Å². The maximum absolute atomic E-state index is 9.26. The van der Waals surface area contributed by atoms with E-state index in [2.05, 4.69) is 112 Å². The van der Waals surface area contributed by atoms with Crippen LogP contribution < -0.4 is 4.90 Å². The van der Waals surface area contributed by atoms with E-state index >= 15 is 0 Å². The summed E-state index contributed by atoms with van der Waals surface area (Å²) in [5, 5.41) is 24.6. The number of hydrogen-bond donors (Lipinski definition) is 2. The Bertz CT molecular complexity index is 2920. The van der Waals surface area contributed by atoms with E-state index in [1.54, 1.807) is 4.90 Å². The number of benzene rings is 7. The van der Waals surface area contributed by atoms with E-state index in [1.165, 1.54) is 36.3 Å². The van der Waals surface area contributed by atoms with Gasteiger partial charge in [-0.3, -0.25) is 15.7 Å². The average Bonchev–Trinajstić information content (AvgIpc) is 3.88. The fraction of sp³-hybridized carbons (Fsp3) is 0. The predicted molar refractivity (Wildman–Crippen MR) is 220 cm³/mol. The average molecular weight is 686 g/mol. The summed E-state index contributed by atoms with van der Waals surface area (Å²) < 4.78 is 7.18. The van der Waals surface area contributed by atoms with E-state index in [4.69, 9.17) is 0 Å². The molecule has 0 aliphatic heterocycles. The Hall–Kier alpha value is -6.76. The molecule has 3 aromatic heterocycles. The highest BCUT2D eigenvalue weighted by Gasteiger charge is 2.22. The Morgan fingerprint density at radius 1 is 0.462 bits per heavy atom. The van der Waals surface area contributed by atoms with Crippen LogP contribution in [0, 0.1) is 10.8 Å². The van der Waals surface area contributed by atoms with Gasteiger partial charge in [0.05, 0.1) is 16.6 Å². The molecule has 5 nitrogen and oxygen atoms in total. The summed E-state index contributed by atoms with van der Waals surface area (Å²) >= 11 is 1.83. The SMILES string of the molecule is N=C(c1ccccc1)N(C(=N)c1ccccc1)c1ccc(-n2c3cc4ccn(-c5ccccc5)c4cc3c3cc4c(cc32)sc2ccccc24)cc1. The predicted octanol–water partition coefficient (Wildman–Crippen LogP) is 12.0. The van der Waals surface area contributed by atoms with E-state index < -0.39 is 0 Å². The highest BCUT2D eigenvalue weighted by atomic mass is 32.1. The number of para-hydroxylation sites is 1. The number of amidine groups is 2. The van der Waals surface area contributed by atoms with Crippen molar-refractivity contribution >= 4 is 81.6 Å². The van der Waals surface area contributed by atoms with Gasteiger partial charge in [0, 0.05) is 70.7 Å². The second-order valence-electron chi connectivity index (χ2n) is 13.0. The Morgan fingerprint density at radius 2 is 1.06 bits per heavy atom. The largest absolute Gasteiger partial charge is 0.317 e. The summed E-state index contributed by atoms with van der Waals surface area (Å²) in [4.78, 5) is 1.72. The summed E-state index contributed by atoms with van der Waals surface area (Å²) in [6.45, 7) is 0. The molecular formula is C46H31N5S. The molecule has 0 amide bonds. The van der Waals surface area contributed by atoms with Crippen LogP contribution >= 0.6 is 11.3 Å². The number of rotatable bonds is 5. The van der Waals surface area contributed by atoms with Crippen molar-refractivity contribution in [1.29, 1.82) is 10.8 Å². The third-order valence-corrected chi connectivity index (χ3v) is 11.2. The van der Waals surface area contributed by atoms with E-state index in [1.807, 2.05) is 84.1 Å². The molecule has 0 unspecified atom stereocenters. The number of aromatic nitrogens is 2. The van der Waals surface area contributed by atoms with Crippen LogP contribution in [0.25, 0.3) is 64.3 Å². The summed E-state index contributed by atoms with van der Waals surface area (Å²) in [6.07, 6.45) is 2.16. The van der Waals surface area contributed by atoms with Crippen LogP contribution in [0.15, 0.2) is 176 Å². The van der Waals surface area contributed by atoms with Gasteiger partial charge in [-0.1, -0.05) is 97.1 Å². The van der Waals surface area contributed by atoms with Gasteiger partial charge in [0.2, 0.25) is 0 Å². The molecule has 10 rings (SSSR count). The first-order chi connectivity index (χ1) is 25.6. The number of fused-ring (bicyclic) bond motifs is 7. The summed E-state index contributed by atoms with van der Waals surface area (Å²) in [7, 11) is 0. The number of hydrogen-bond acceptors (Lipinski definition) is 3. The molecule has 10 aromatic rings. The van der Waals surface area contributed by atoms with Crippen molar-refractivity contribution in [3.05, 3.63) is 187 Å². The first-order valence-electron chi connectivity index (χ1n) is 17.3. The van der Waals surface area contributed by atoms with Crippen molar-refractivity contribution in [1.82, 2.24) is 9.13 Å². The quantitative estimate of drug-likeness (QED) is 0.137. The van der Waals surface area contributed by atoms with Crippen molar-refractivity contribution in [3.8, 4) is 11.4 Å². The normalized spacial score (nSPS) is 11.6. The molecule has 246 valence electrons. The minimum Gasteiger partial charge on any atom is -0.317 e. The van der Waals surface area contributed by atoms with E-state index in [9.17, 15) is 10.8 Å². The van der Waals surface area contributed by atoms with Gasteiger partial charge < -0.3 is 9.13 Å². The molecule has 2 N–H and O–H groups in total. The van der Waals surface area contributed by atoms with Crippen LogP contribution in [0.4, 0.5) is 5.69 Å². The van der Waals surface area contributed by atoms with E-state index in [0.29, 0.717) is 0 Å². The Labute approximate surface area is 303 Å². The molecule has 52 heavy (non-hydrogen) atoms. The van der Waals surface area contributed by atoms with Gasteiger partial charge in [-0.25, -0.2) is 0 Å². The molecule has 0 bridgehead atoms. The maximum Gasteiger partial charge on any atom is 0.138 e. The van der Waals surface area contributed by atoms with Gasteiger partial charge in [-0.2, -0.15) is 0 Å². The van der Waals surface area contributed by atoms with Crippen LogP contribution in [0.5, 0.6) is 0 Å². The van der Waals surface area contributed by atoms with E-state index in [0.717, 1.165) is 44.7 Å². The number of nitrogens with zero attached hydrogens (tertiary/aromatic N) is 3. The van der Waals surface area contributed by atoms with Crippen LogP contribution in [0.2, 0.25) is 0 Å². The molecule has 6 heteroatoms. The van der Waals surface area contributed by atoms with Gasteiger partial charge in [0.25, 0.3) is 0 Å². The van der Waals surface area contributed by atoms with Gasteiger partial charge in [-0.05, 0) is 72.8 Å². The smallest absolute Gasteiger partial charge is 0.138 e. The lowest BCUT2D eigenvalue weighted by Gasteiger charge is -2.26. The molecule has 0 saturated heterocycles. The highest BCUT2D eigenvalue weighted by molar-refractivity contribution is 7.25. The highest BCUT2D eigenvalue weighted by Crippen LogP contribution is 2.42. The zero-order valence-corrected chi connectivity index (χ0v) is 28.8. The molecule has 0 spiro atoms. The molecule has 0 aliphatic rings. The molecule has 0 saturated carbocycles. The van der Waals surface area contributed by atoms with Gasteiger partial charge in [0.15, 0.2) is 0 Å². The molecule has 3 heterocycles. The van der Waals surface area contributed by atoms with Gasteiger partial charge in [0.1, 0.15) is 11.7 Å². The fourth-order valence-electron chi connectivity index (χ4n) is 7.53. The third-order valence-electron chi connectivity index (χ3n) is 10.0. The minimum absolute atomic E-state index is 0.247. The number of thiophene rings is 1. The molecule has 0 radical (unpaired) electrons. The zero-order chi connectivity index (χ0) is 34.8. The fourth-order valence-corrected chi connectivity index (χ4v) is 8.65. The van der Waals surface area contributed by atoms with Crippen LogP contribution in [0.3, 0.4) is 0 Å². The lowest BCUT2D eigenvalue weighted by Crippen LogP contribution is -2.37. The topological polar surface area (TPSA) is 60.8 Å². The first kappa shape index (κ1) is 30.1. The van der Waals surface area contributed by atoms with Crippen molar-refractivity contribution in [2.45, 2.75) is 0 Å². The van der Waals surface area contributed by atoms with Crippen molar-refractivity contribution in [2.75, 3.05) is 4.90 Å². The Kier molecular flexibility index (Phi) is 6.91. The van der Waals surface area contributed by atoms with Crippen molar-refractivity contribution in [2.24, 2.45) is 0 Å². The molecule has 0 atom stereocenters. The Morgan fingerprint density at radius 3 is 1.75 bits per heavy atom. The third kappa shape index (κ3) is 4.77. The van der Waals surface area contributed by atoms with E-state index in [-0.39, 0.29) is 11.7 Å². The van der Waals surface area contributed by atoms with Crippen LogP contribution in [-0.4, -0.2) is 20.8 Å². The number of anilines is 1. The molecular weight excluding hydrogens is 655 g/mol. The molecule has 0 aliphatic carbocycles. The second kappa shape index (κ2) is 11.9. The van der Waals surface area contributed by atoms with Crippen LogP contribution in [0.1, 0.15) is 11.1 Å². The molecule has 0 fully saturated rings. The van der Waals surface area contributed by atoms with Gasteiger partial charge >= 0.3 is 0 Å². The Balaban J connectivity index is 1.18. The first-order valence-corrected chi connectivity index (χ1v) is 18.1. The monoisotopic (exact) mass is 685 g/mol. The summed E-state index contributed by atoms with van der Waals surface area (Å²) in [5.74, 6) is 0.494. The summed E-state index contributed by atoms with van der Waals surface area (Å²) in [6, 6.07) is 58.3.